The molecule has 4 rings (SSSR count). The zero-order valence-corrected chi connectivity index (χ0v) is 18.8. The van der Waals surface area contributed by atoms with Crippen LogP contribution < -0.4 is 5.32 Å². The van der Waals surface area contributed by atoms with Gasteiger partial charge < -0.3 is 9.88 Å². The van der Waals surface area contributed by atoms with E-state index in [1.807, 2.05) is 4.57 Å². The van der Waals surface area contributed by atoms with Gasteiger partial charge in [-0.05, 0) is 37.8 Å². The lowest BCUT2D eigenvalue weighted by molar-refractivity contribution is -0.139. The van der Waals surface area contributed by atoms with Crippen LogP contribution >= 0.6 is 0 Å². The Morgan fingerprint density at radius 1 is 1.06 bits per heavy atom. The van der Waals surface area contributed by atoms with E-state index in [0.717, 1.165) is 60.6 Å². The molecule has 0 atom stereocenters. The molecule has 0 bridgehead atoms. The molecule has 12 heteroatoms. The second-order valence-electron chi connectivity index (χ2n) is 8.38. The van der Waals surface area contributed by atoms with Crippen molar-refractivity contribution in [2.75, 3.05) is 13.1 Å². The largest absolute Gasteiger partial charge is 0.417 e. The van der Waals surface area contributed by atoms with Crippen molar-refractivity contribution in [2.45, 2.75) is 62.7 Å². The van der Waals surface area contributed by atoms with Crippen LogP contribution in [-0.4, -0.2) is 46.5 Å². The van der Waals surface area contributed by atoms with Gasteiger partial charge in [-0.3, -0.25) is 4.79 Å². The van der Waals surface area contributed by atoms with Crippen molar-refractivity contribution < 1.29 is 26.4 Å². The average Bonchev–Trinajstić information content (AvgIpc) is 3.02. The number of benzene rings is 1. The zero-order chi connectivity index (χ0) is 23.6. The standard InChI is InChI=1S/C21H26F3N5O3S/c22-21(23,24)16-6-3-4-7-17(16)33(31,32)28-12-9-15(10-13-28)20(30)25-14-19-27-26-18-8-2-1-5-11-29(18)19/h3-4,6-7,15H,1-2,5,8-14H2,(H,25,30). The Morgan fingerprint density at radius 3 is 2.52 bits per heavy atom. The normalized spacial score (nSPS) is 18.5. The van der Waals surface area contributed by atoms with Crippen LogP contribution in [0.5, 0.6) is 0 Å². The molecule has 0 radical (unpaired) electrons. The molecule has 1 aromatic heterocycles. The molecular weight excluding hydrogens is 459 g/mol. The van der Waals surface area contributed by atoms with E-state index in [1.54, 1.807) is 0 Å². The number of hydrogen-bond donors (Lipinski definition) is 1. The van der Waals surface area contributed by atoms with Gasteiger partial charge in [0.15, 0.2) is 5.82 Å². The fraction of sp³-hybridized carbons (Fsp3) is 0.571. The lowest BCUT2D eigenvalue weighted by Gasteiger charge is -2.31. The molecule has 0 unspecified atom stereocenters. The van der Waals surface area contributed by atoms with Crippen molar-refractivity contribution in [1.82, 2.24) is 24.4 Å². The van der Waals surface area contributed by atoms with Gasteiger partial charge in [-0.2, -0.15) is 17.5 Å². The lowest BCUT2D eigenvalue weighted by Crippen LogP contribution is -2.43. The minimum Gasteiger partial charge on any atom is -0.349 e. The molecule has 2 aliphatic rings. The summed E-state index contributed by atoms with van der Waals surface area (Å²) in [5.74, 6) is 0.993. The molecule has 1 fully saturated rings. The topological polar surface area (TPSA) is 97.2 Å². The van der Waals surface area contributed by atoms with Gasteiger partial charge in [-0.15, -0.1) is 10.2 Å². The summed E-state index contributed by atoms with van der Waals surface area (Å²) in [6.45, 7) is 1.02. The summed E-state index contributed by atoms with van der Waals surface area (Å²) >= 11 is 0. The van der Waals surface area contributed by atoms with Gasteiger partial charge in [0.1, 0.15) is 5.82 Å². The van der Waals surface area contributed by atoms with E-state index in [4.69, 9.17) is 0 Å². The number of sulfonamides is 1. The van der Waals surface area contributed by atoms with E-state index in [-0.39, 0.29) is 38.4 Å². The summed E-state index contributed by atoms with van der Waals surface area (Å²) in [5, 5.41) is 11.2. The highest BCUT2D eigenvalue weighted by Crippen LogP contribution is 2.36. The lowest BCUT2D eigenvalue weighted by atomic mass is 9.97. The first-order valence-electron chi connectivity index (χ1n) is 11.0. The third-order valence-corrected chi connectivity index (χ3v) is 8.20. The van der Waals surface area contributed by atoms with Crippen LogP contribution in [0.25, 0.3) is 0 Å². The maximum atomic E-state index is 13.3. The second kappa shape index (κ2) is 9.41. The Kier molecular flexibility index (Phi) is 6.76. The van der Waals surface area contributed by atoms with Crippen LogP contribution in [0.3, 0.4) is 0 Å². The summed E-state index contributed by atoms with van der Waals surface area (Å²) in [6.07, 6.45) is -0.207. The number of piperidine rings is 1. The summed E-state index contributed by atoms with van der Waals surface area (Å²) in [7, 11) is -4.33. The fourth-order valence-electron chi connectivity index (χ4n) is 4.41. The SMILES string of the molecule is O=C(NCc1nnc2n1CCCCC2)C1CCN(S(=O)(=O)c2ccccc2C(F)(F)F)CC1. The number of carbonyl (C=O) groups is 1. The van der Waals surface area contributed by atoms with E-state index in [1.165, 1.54) is 6.07 Å². The van der Waals surface area contributed by atoms with Gasteiger partial charge in [-0.25, -0.2) is 8.42 Å². The Bertz CT molecular complexity index is 1110. The number of amides is 1. The Balaban J connectivity index is 1.36. The summed E-state index contributed by atoms with van der Waals surface area (Å²) in [5.41, 5.74) is -1.18. The van der Waals surface area contributed by atoms with Crippen LogP contribution in [-0.2, 0) is 40.5 Å². The molecule has 1 amide bonds. The van der Waals surface area contributed by atoms with E-state index in [2.05, 4.69) is 15.5 Å². The number of fused-ring (bicyclic) bond motifs is 1. The number of rotatable bonds is 5. The van der Waals surface area contributed by atoms with Crippen molar-refractivity contribution >= 4 is 15.9 Å². The highest BCUT2D eigenvalue weighted by atomic mass is 32.2. The van der Waals surface area contributed by atoms with Gasteiger partial charge in [0, 0.05) is 32.0 Å². The van der Waals surface area contributed by atoms with Crippen LogP contribution in [0.2, 0.25) is 0 Å². The van der Waals surface area contributed by atoms with Gasteiger partial charge in [0.25, 0.3) is 0 Å². The van der Waals surface area contributed by atoms with Crippen molar-refractivity contribution in [1.29, 1.82) is 0 Å². The van der Waals surface area contributed by atoms with E-state index in [0.29, 0.717) is 5.82 Å². The molecule has 180 valence electrons. The van der Waals surface area contributed by atoms with Crippen LogP contribution in [0.4, 0.5) is 13.2 Å². The summed E-state index contributed by atoms with van der Waals surface area (Å²) < 4.78 is 68.7. The molecule has 33 heavy (non-hydrogen) atoms. The van der Waals surface area contributed by atoms with Crippen molar-refractivity contribution in [3.05, 3.63) is 41.5 Å². The smallest absolute Gasteiger partial charge is 0.349 e. The number of nitrogens with one attached hydrogen (secondary N) is 1. The maximum Gasteiger partial charge on any atom is 0.417 e. The predicted molar refractivity (Wildman–Crippen MR) is 112 cm³/mol. The van der Waals surface area contributed by atoms with Crippen molar-refractivity contribution in [3.8, 4) is 0 Å². The van der Waals surface area contributed by atoms with Crippen molar-refractivity contribution in [2.24, 2.45) is 5.92 Å². The van der Waals surface area contributed by atoms with Gasteiger partial charge in [0.2, 0.25) is 15.9 Å². The quantitative estimate of drug-likeness (QED) is 0.703. The van der Waals surface area contributed by atoms with E-state index < -0.39 is 32.6 Å². The van der Waals surface area contributed by atoms with Crippen LogP contribution in [0.15, 0.2) is 29.2 Å². The molecule has 1 N–H and O–H groups in total. The molecular formula is C21H26F3N5O3S. The highest BCUT2D eigenvalue weighted by Gasteiger charge is 2.40. The number of alkyl halides is 3. The number of nitrogens with zero attached hydrogens (tertiary/aromatic N) is 4. The molecule has 0 saturated carbocycles. The van der Waals surface area contributed by atoms with Gasteiger partial charge >= 0.3 is 6.18 Å². The van der Waals surface area contributed by atoms with E-state index >= 15 is 0 Å². The van der Waals surface area contributed by atoms with E-state index in [9.17, 15) is 26.4 Å². The summed E-state index contributed by atoms with van der Waals surface area (Å²) in [4.78, 5) is 11.9. The molecule has 0 aliphatic carbocycles. The Hall–Kier alpha value is -2.47. The third-order valence-electron chi connectivity index (χ3n) is 6.24. The van der Waals surface area contributed by atoms with Crippen LogP contribution in [0.1, 0.15) is 49.3 Å². The average molecular weight is 486 g/mol. The first-order chi connectivity index (χ1) is 15.7. The van der Waals surface area contributed by atoms with Gasteiger partial charge in [-0.1, -0.05) is 18.6 Å². The molecule has 3 heterocycles. The highest BCUT2D eigenvalue weighted by molar-refractivity contribution is 7.89. The number of halogens is 3. The first kappa shape index (κ1) is 23.7. The number of hydrogen-bond acceptors (Lipinski definition) is 5. The molecule has 2 aliphatic heterocycles. The second-order valence-corrected chi connectivity index (χ2v) is 10.3. The monoisotopic (exact) mass is 485 g/mol. The number of carbonyl (C=O) groups excluding carboxylic acids is 1. The maximum absolute atomic E-state index is 13.3. The zero-order valence-electron chi connectivity index (χ0n) is 18.0. The van der Waals surface area contributed by atoms with Crippen molar-refractivity contribution in [3.63, 3.8) is 0 Å². The predicted octanol–water partition coefficient (Wildman–Crippen LogP) is 2.74. The number of aromatic nitrogens is 3. The van der Waals surface area contributed by atoms with Crippen LogP contribution in [0, 0.1) is 5.92 Å². The number of aryl methyl sites for hydroxylation is 1. The Labute approximate surface area is 190 Å². The molecule has 2 aromatic rings. The van der Waals surface area contributed by atoms with Gasteiger partial charge in [0.05, 0.1) is 17.0 Å². The first-order valence-corrected chi connectivity index (χ1v) is 12.5. The Morgan fingerprint density at radius 2 is 1.79 bits per heavy atom. The molecule has 1 saturated heterocycles. The molecule has 0 spiro atoms. The molecule has 1 aromatic carbocycles. The minimum atomic E-state index is -4.78. The third kappa shape index (κ3) is 5.06. The fourth-order valence-corrected chi connectivity index (χ4v) is 6.09. The summed E-state index contributed by atoms with van der Waals surface area (Å²) in [6, 6.07) is 4.16. The molecule has 8 nitrogen and oxygen atoms in total. The minimum absolute atomic E-state index is 0.0209.